The summed E-state index contributed by atoms with van der Waals surface area (Å²) < 4.78 is 0. The van der Waals surface area contributed by atoms with E-state index in [2.05, 4.69) is 4.90 Å². The Balaban J connectivity index is 2.35. The van der Waals surface area contributed by atoms with Crippen LogP contribution in [-0.2, 0) is 0 Å². The molecule has 2 rings (SSSR count). The van der Waals surface area contributed by atoms with Crippen LogP contribution in [0.4, 0.5) is 11.4 Å². The minimum Gasteiger partial charge on any atom is -0.478 e. The van der Waals surface area contributed by atoms with E-state index >= 15 is 0 Å². The predicted octanol–water partition coefficient (Wildman–Crippen LogP) is 2.22. The summed E-state index contributed by atoms with van der Waals surface area (Å²) in [7, 11) is 2.02. The number of thioether (sulfide) groups is 1. The molecule has 1 aliphatic heterocycles. The Labute approximate surface area is 111 Å². The Kier molecular flexibility index (Phi) is 3.71. The van der Waals surface area contributed by atoms with E-state index in [-0.39, 0.29) is 5.56 Å². The summed E-state index contributed by atoms with van der Waals surface area (Å²) in [5.74, 6) is 1.31. The van der Waals surface area contributed by atoms with Crippen molar-refractivity contribution in [2.75, 3.05) is 29.2 Å². The van der Waals surface area contributed by atoms with Crippen molar-refractivity contribution in [2.24, 2.45) is 0 Å². The van der Waals surface area contributed by atoms with Crippen LogP contribution in [0.2, 0.25) is 0 Å². The molecule has 0 radical (unpaired) electrons. The highest BCUT2D eigenvalue weighted by Gasteiger charge is 2.22. The molecule has 1 atom stereocenters. The van der Waals surface area contributed by atoms with Gasteiger partial charge in [0.2, 0.25) is 0 Å². The number of nitrogen functional groups attached to an aromatic ring is 1. The largest absolute Gasteiger partial charge is 0.478 e. The third-order valence-electron chi connectivity index (χ3n) is 3.46. The molecule has 0 saturated carbocycles. The van der Waals surface area contributed by atoms with Gasteiger partial charge in [0.1, 0.15) is 0 Å². The summed E-state index contributed by atoms with van der Waals surface area (Å²) in [5.41, 5.74) is 8.12. The first-order valence-electron chi connectivity index (χ1n) is 5.94. The molecule has 1 fully saturated rings. The first-order chi connectivity index (χ1) is 8.50. The lowest BCUT2D eigenvalue weighted by Crippen LogP contribution is -2.31. The van der Waals surface area contributed by atoms with Crippen LogP contribution in [0.3, 0.4) is 0 Å². The number of hydrogen-bond donors (Lipinski definition) is 2. The molecule has 1 aliphatic rings. The van der Waals surface area contributed by atoms with Crippen LogP contribution < -0.4 is 10.6 Å². The third kappa shape index (κ3) is 2.41. The van der Waals surface area contributed by atoms with Gasteiger partial charge in [0.15, 0.2) is 0 Å². The number of carboxylic acids is 1. The number of anilines is 2. The number of nitrogens with zero attached hydrogens (tertiary/aromatic N) is 1. The standard InChI is InChI=1S/C13H18N2O2S/c1-8-5-10(6-11(12(8)14)13(16)17)15(2)9-3-4-18-7-9/h5-6,9H,3-4,7,14H2,1-2H3,(H,16,17). The second kappa shape index (κ2) is 5.10. The van der Waals surface area contributed by atoms with Crippen molar-refractivity contribution in [3.8, 4) is 0 Å². The molecular weight excluding hydrogens is 248 g/mol. The zero-order valence-corrected chi connectivity index (χ0v) is 11.5. The Morgan fingerprint density at radius 1 is 1.56 bits per heavy atom. The fourth-order valence-corrected chi connectivity index (χ4v) is 3.47. The van der Waals surface area contributed by atoms with Crippen LogP contribution in [0.15, 0.2) is 12.1 Å². The van der Waals surface area contributed by atoms with Crippen molar-refractivity contribution in [1.29, 1.82) is 0 Å². The Morgan fingerprint density at radius 3 is 2.83 bits per heavy atom. The van der Waals surface area contributed by atoms with Crippen LogP contribution >= 0.6 is 11.8 Å². The number of aromatic carboxylic acids is 1. The van der Waals surface area contributed by atoms with Crippen LogP contribution in [0, 0.1) is 6.92 Å². The van der Waals surface area contributed by atoms with Crippen molar-refractivity contribution in [2.45, 2.75) is 19.4 Å². The molecule has 1 unspecified atom stereocenters. The maximum atomic E-state index is 11.2. The Hall–Kier alpha value is -1.36. The van der Waals surface area contributed by atoms with Crippen LogP contribution in [-0.4, -0.2) is 35.7 Å². The molecule has 4 nitrogen and oxygen atoms in total. The number of hydrogen-bond acceptors (Lipinski definition) is 4. The SMILES string of the molecule is Cc1cc(N(C)C2CCSC2)cc(C(=O)O)c1N. The van der Waals surface area contributed by atoms with Gasteiger partial charge in [0.05, 0.1) is 5.56 Å². The number of carboxylic acid groups (broad SMARTS) is 1. The molecule has 5 heteroatoms. The predicted molar refractivity (Wildman–Crippen MR) is 76.7 cm³/mol. The van der Waals surface area contributed by atoms with Gasteiger partial charge in [0.25, 0.3) is 0 Å². The number of rotatable bonds is 3. The molecule has 98 valence electrons. The maximum absolute atomic E-state index is 11.2. The lowest BCUT2D eigenvalue weighted by atomic mass is 10.1. The average molecular weight is 266 g/mol. The monoisotopic (exact) mass is 266 g/mol. The summed E-state index contributed by atoms with van der Waals surface area (Å²) >= 11 is 1.94. The second-order valence-electron chi connectivity index (χ2n) is 4.66. The number of aryl methyl sites for hydroxylation is 1. The maximum Gasteiger partial charge on any atom is 0.337 e. The minimum absolute atomic E-state index is 0.197. The van der Waals surface area contributed by atoms with Gasteiger partial charge in [-0.05, 0) is 36.8 Å². The molecule has 1 saturated heterocycles. The average Bonchev–Trinajstić information content (AvgIpc) is 2.84. The lowest BCUT2D eigenvalue weighted by molar-refractivity contribution is 0.0698. The van der Waals surface area contributed by atoms with Gasteiger partial charge in [-0.25, -0.2) is 4.79 Å². The first-order valence-corrected chi connectivity index (χ1v) is 7.10. The van der Waals surface area contributed by atoms with Crippen molar-refractivity contribution in [3.05, 3.63) is 23.3 Å². The van der Waals surface area contributed by atoms with E-state index in [1.54, 1.807) is 6.07 Å². The fourth-order valence-electron chi connectivity index (χ4n) is 2.20. The molecule has 1 aromatic rings. The number of nitrogens with two attached hydrogens (primary N) is 1. The van der Waals surface area contributed by atoms with E-state index in [4.69, 9.17) is 10.8 Å². The minimum atomic E-state index is -0.966. The molecule has 1 aromatic carbocycles. The summed E-state index contributed by atoms with van der Waals surface area (Å²) in [6.07, 6.45) is 1.15. The molecule has 0 bridgehead atoms. The Bertz CT molecular complexity index is 470. The molecule has 1 heterocycles. The van der Waals surface area contributed by atoms with E-state index in [0.717, 1.165) is 23.4 Å². The highest BCUT2D eigenvalue weighted by Crippen LogP contribution is 2.29. The van der Waals surface area contributed by atoms with Gasteiger partial charge < -0.3 is 15.7 Å². The molecule has 18 heavy (non-hydrogen) atoms. The van der Waals surface area contributed by atoms with E-state index in [1.807, 2.05) is 31.8 Å². The summed E-state index contributed by atoms with van der Waals surface area (Å²) in [5, 5.41) is 9.16. The van der Waals surface area contributed by atoms with Gasteiger partial charge in [0, 0.05) is 30.2 Å². The van der Waals surface area contributed by atoms with Gasteiger partial charge in [-0.3, -0.25) is 0 Å². The van der Waals surface area contributed by atoms with E-state index < -0.39 is 5.97 Å². The Morgan fingerprint density at radius 2 is 2.28 bits per heavy atom. The van der Waals surface area contributed by atoms with Gasteiger partial charge >= 0.3 is 5.97 Å². The normalized spacial score (nSPS) is 18.9. The zero-order valence-electron chi connectivity index (χ0n) is 10.6. The van der Waals surface area contributed by atoms with E-state index in [9.17, 15) is 4.79 Å². The number of benzene rings is 1. The highest BCUT2D eigenvalue weighted by molar-refractivity contribution is 7.99. The van der Waals surface area contributed by atoms with Crippen molar-refractivity contribution >= 4 is 29.1 Å². The van der Waals surface area contributed by atoms with E-state index in [1.165, 1.54) is 5.75 Å². The summed E-state index contributed by atoms with van der Waals surface area (Å²) in [6.45, 7) is 1.85. The number of carbonyl (C=O) groups is 1. The summed E-state index contributed by atoms with van der Waals surface area (Å²) in [6, 6.07) is 4.12. The second-order valence-corrected chi connectivity index (χ2v) is 5.81. The van der Waals surface area contributed by atoms with Crippen LogP contribution in [0.25, 0.3) is 0 Å². The van der Waals surface area contributed by atoms with Gasteiger partial charge in [-0.1, -0.05) is 0 Å². The van der Waals surface area contributed by atoms with Gasteiger partial charge in [-0.15, -0.1) is 0 Å². The van der Waals surface area contributed by atoms with E-state index in [0.29, 0.717) is 11.7 Å². The third-order valence-corrected chi connectivity index (χ3v) is 4.61. The highest BCUT2D eigenvalue weighted by atomic mass is 32.2. The van der Waals surface area contributed by atoms with Crippen LogP contribution in [0.5, 0.6) is 0 Å². The first kappa shape index (κ1) is 13.1. The molecular formula is C13H18N2O2S. The van der Waals surface area contributed by atoms with Gasteiger partial charge in [-0.2, -0.15) is 11.8 Å². The smallest absolute Gasteiger partial charge is 0.337 e. The molecule has 0 aromatic heterocycles. The van der Waals surface area contributed by atoms with Crippen molar-refractivity contribution in [1.82, 2.24) is 0 Å². The lowest BCUT2D eigenvalue weighted by Gasteiger charge is -2.27. The quantitative estimate of drug-likeness (QED) is 0.821. The topological polar surface area (TPSA) is 66.6 Å². The summed E-state index contributed by atoms with van der Waals surface area (Å²) in [4.78, 5) is 13.3. The van der Waals surface area contributed by atoms with Crippen molar-refractivity contribution < 1.29 is 9.90 Å². The fraction of sp³-hybridized carbons (Fsp3) is 0.462. The van der Waals surface area contributed by atoms with Crippen LogP contribution in [0.1, 0.15) is 22.3 Å². The molecule has 3 N–H and O–H groups in total. The molecule has 0 amide bonds. The van der Waals surface area contributed by atoms with Crippen molar-refractivity contribution in [3.63, 3.8) is 0 Å². The molecule has 0 spiro atoms. The zero-order chi connectivity index (χ0) is 13.3. The molecule has 0 aliphatic carbocycles.